The van der Waals surface area contributed by atoms with Crippen LogP contribution in [-0.2, 0) is 4.79 Å². The number of hydrogen-bond acceptors (Lipinski definition) is 5. The molecule has 1 aliphatic carbocycles. The van der Waals surface area contributed by atoms with Crippen LogP contribution in [0.15, 0.2) is 12.1 Å². The Morgan fingerprint density at radius 3 is 2.80 bits per heavy atom. The average molecular weight is 277 g/mol. The molecule has 1 aromatic heterocycles. The molecule has 0 aromatic carbocycles. The molecule has 1 saturated carbocycles. The monoisotopic (exact) mass is 277 g/mol. The summed E-state index contributed by atoms with van der Waals surface area (Å²) >= 11 is 0. The van der Waals surface area contributed by atoms with Crippen LogP contribution in [0.25, 0.3) is 0 Å². The van der Waals surface area contributed by atoms with E-state index in [0.29, 0.717) is 29.7 Å². The van der Waals surface area contributed by atoms with Crippen molar-refractivity contribution in [3.8, 4) is 0 Å². The van der Waals surface area contributed by atoms with E-state index >= 15 is 0 Å². The number of rotatable bonds is 6. The molecule has 1 aliphatic rings. The summed E-state index contributed by atoms with van der Waals surface area (Å²) in [7, 11) is 0. The van der Waals surface area contributed by atoms with Crippen molar-refractivity contribution in [2.24, 2.45) is 5.84 Å². The van der Waals surface area contributed by atoms with Gasteiger partial charge in [0.1, 0.15) is 5.82 Å². The number of nitrogens with two attached hydrogens (primary N) is 1. The predicted molar refractivity (Wildman–Crippen MR) is 74.9 cm³/mol. The van der Waals surface area contributed by atoms with E-state index in [1.54, 1.807) is 19.1 Å². The smallest absolute Gasteiger partial charge is 0.251 e. The minimum absolute atomic E-state index is 0.0250. The van der Waals surface area contributed by atoms with Crippen molar-refractivity contribution in [1.82, 2.24) is 15.6 Å². The molecular formula is C13H19N5O2. The number of aryl methyl sites for hydroxylation is 1. The Bertz CT molecular complexity index is 513. The molecule has 7 heteroatoms. The van der Waals surface area contributed by atoms with Crippen LogP contribution in [0.5, 0.6) is 0 Å². The minimum Gasteiger partial charge on any atom is -0.353 e. The summed E-state index contributed by atoms with van der Waals surface area (Å²) in [5.74, 6) is 5.45. The van der Waals surface area contributed by atoms with E-state index < -0.39 is 0 Å². The number of carbonyl (C=O) groups excluding carboxylic acids is 2. The van der Waals surface area contributed by atoms with Gasteiger partial charge in [-0.05, 0) is 31.9 Å². The third-order valence-corrected chi connectivity index (χ3v) is 2.94. The highest BCUT2D eigenvalue weighted by molar-refractivity contribution is 5.95. The fourth-order valence-electron chi connectivity index (χ4n) is 1.79. The van der Waals surface area contributed by atoms with Crippen molar-refractivity contribution in [1.29, 1.82) is 0 Å². The zero-order valence-corrected chi connectivity index (χ0v) is 11.4. The Morgan fingerprint density at radius 2 is 2.15 bits per heavy atom. The van der Waals surface area contributed by atoms with E-state index in [9.17, 15) is 9.59 Å². The molecule has 2 amide bonds. The summed E-state index contributed by atoms with van der Waals surface area (Å²) in [6.07, 6.45) is 2.40. The van der Waals surface area contributed by atoms with Crippen molar-refractivity contribution < 1.29 is 9.59 Å². The lowest BCUT2D eigenvalue weighted by Crippen LogP contribution is -2.31. The molecule has 1 aromatic rings. The van der Waals surface area contributed by atoms with E-state index in [1.165, 1.54) is 0 Å². The summed E-state index contributed by atoms with van der Waals surface area (Å²) in [5.41, 5.74) is 3.57. The van der Waals surface area contributed by atoms with E-state index in [4.69, 9.17) is 5.84 Å². The minimum atomic E-state index is -0.244. The zero-order chi connectivity index (χ0) is 14.5. The Kier molecular flexibility index (Phi) is 4.52. The number of nitrogens with zero attached hydrogens (tertiary/aromatic N) is 1. The predicted octanol–water partition coefficient (Wildman–Crippen LogP) is 0.0741. The maximum atomic E-state index is 11.9. The fourth-order valence-corrected chi connectivity index (χ4v) is 1.79. The summed E-state index contributed by atoms with van der Waals surface area (Å²) in [6.45, 7) is 2.09. The highest BCUT2D eigenvalue weighted by Gasteiger charge is 2.22. The van der Waals surface area contributed by atoms with Gasteiger partial charge in [0, 0.05) is 30.3 Å². The number of pyridine rings is 1. The van der Waals surface area contributed by atoms with Gasteiger partial charge in [-0.25, -0.2) is 10.8 Å². The molecule has 5 N–H and O–H groups in total. The largest absolute Gasteiger partial charge is 0.353 e. The summed E-state index contributed by atoms with van der Waals surface area (Å²) in [5, 5.41) is 5.57. The molecule has 7 nitrogen and oxygen atoms in total. The van der Waals surface area contributed by atoms with E-state index in [1.807, 2.05) is 0 Å². The second-order valence-electron chi connectivity index (χ2n) is 4.87. The highest BCUT2D eigenvalue weighted by Crippen LogP contribution is 2.18. The third kappa shape index (κ3) is 4.20. The summed E-state index contributed by atoms with van der Waals surface area (Å²) in [6, 6.07) is 3.58. The normalized spacial score (nSPS) is 13.7. The molecule has 0 saturated heterocycles. The fraction of sp³-hybridized carbons (Fsp3) is 0.462. The second-order valence-corrected chi connectivity index (χ2v) is 4.87. The van der Waals surface area contributed by atoms with Crippen LogP contribution in [0.2, 0.25) is 0 Å². The Morgan fingerprint density at radius 1 is 1.40 bits per heavy atom. The molecule has 0 aliphatic heterocycles. The molecule has 0 unspecified atom stereocenters. The van der Waals surface area contributed by atoms with Gasteiger partial charge in [0.05, 0.1) is 0 Å². The van der Waals surface area contributed by atoms with Gasteiger partial charge in [-0.2, -0.15) is 0 Å². The van der Waals surface area contributed by atoms with Crippen molar-refractivity contribution in [2.75, 3.05) is 12.0 Å². The molecule has 20 heavy (non-hydrogen) atoms. The van der Waals surface area contributed by atoms with Crippen molar-refractivity contribution in [2.45, 2.75) is 32.2 Å². The van der Waals surface area contributed by atoms with Crippen LogP contribution < -0.4 is 21.9 Å². The highest BCUT2D eigenvalue weighted by atomic mass is 16.2. The van der Waals surface area contributed by atoms with Crippen LogP contribution in [0.1, 0.15) is 35.3 Å². The number of nitrogens with one attached hydrogen (secondary N) is 3. The van der Waals surface area contributed by atoms with Crippen LogP contribution >= 0.6 is 0 Å². The lowest BCUT2D eigenvalue weighted by Gasteiger charge is -2.08. The number of carbonyl (C=O) groups is 2. The van der Waals surface area contributed by atoms with E-state index in [2.05, 4.69) is 21.0 Å². The number of anilines is 1. The first-order valence-electron chi connectivity index (χ1n) is 6.61. The van der Waals surface area contributed by atoms with Crippen LogP contribution in [0.3, 0.4) is 0 Å². The molecule has 1 heterocycles. The van der Waals surface area contributed by atoms with Gasteiger partial charge in [0.2, 0.25) is 5.91 Å². The molecule has 1 fully saturated rings. The van der Waals surface area contributed by atoms with Gasteiger partial charge in [0.15, 0.2) is 0 Å². The van der Waals surface area contributed by atoms with E-state index in [0.717, 1.165) is 12.8 Å². The van der Waals surface area contributed by atoms with Gasteiger partial charge in [0.25, 0.3) is 5.91 Å². The molecular weight excluding hydrogens is 258 g/mol. The molecule has 108 valence electrons. The van der Waals surface area contributed by atoms with Gasteiger partial charge in [-0.15, -0.1) is 0 Å². The number of hydrogen-bond donors (Lipinski definition) is 4. The van der Waals surface area contributed by atoms with Crippen LogP contribution in [-0.4, -0.2) is 29.4 Å². The molecule has 0 bridgehead atoms. The first-order chi connectivity index (χ1) is 9.58. The second kappa shape index (κ2) is 6.33. The molecule has 0 radical (unpaired) electrons. The topological polar surface area (TPSA) is 109 Å². The van der Waals surface area contributed by atoms with Crippen molar-refractivity contribution >= 4 is 17.6 Å². The molecule has 0 atom stereocenters. The standard InChI is InChI=1S/C13H19N5O2/c1-8-6-9(7-11(16-8)18-14)13(20)15-5-4-12(19)17-10-2-3-10/h6-7,10H,2-5,14H2,1H3,(H,15,20)(H,16,18)(H,17,19). The number of aromatic nitrogens is 1. The molecule has 2 rings (SSSR count). The van der Waals surface area contributed by atoms with Gasteiger partial charge in [-0.3, -0.25) is 9.59 Å². The Hall–Kier alpha value is -2.15. The van der Waals surface area contributed by atoms with Crippen molar-refractivity contribution in [3.05, 3.63) is 23.4 Å². The lowest BCUT2D eigenvalue weighted by atomic mass is 10.2. The van der Waals surface area contributed by atoms with Gasteiger partial charge < -0.3 is 16.1 Å². The van der Waals surface area contributed by atoms with E-state index in [-0.39, 0.29) is 18.2 Å². The summed E-state index contributed by atoms with van der Waals surface area (Å²) < 4.78 is 0. The van der Waals surface area contributed by atoms with Crippen LogP contribution in [0, 0.1) is 6.92 Å². The van der Waals surface area contributed by atoms with Crippen molar-refractivity contribution in [3.63, 3.8) is 0 Å². The summed E-state index contributed by atoms with van der Waals surface area (Å²) in [4.78, 5) is 27.5. The first-order valence-corrected chi connectivity index (χ1v) is 6.61. The van der Waals surface area contributed by atoms with Gasteiger partial charge >= 0.3 is 0 Å². The first kappa shape index (κ1) is 14.3. The Balaban J connectivity index is 1.81. The van der Waals surface area contributed by atoms with Crippen LogP contribution in [0.4, 0.5) is 5.82 Å². The lowest BCUT2D eigenvalue weighted by molar-refractivity contribution is -0.121. The third-order valence-electron chi connectivity index (χ3n) is 2.94. The average Bonchev–Trinajstić information content (AvgIpc) is 3.21. The maximum Gasteiger partial charge on any atom is 0.251 e. The number of amides is 2. The molecule has 0 spiro atoms. The number of nitrogen functional groups attached to an aromatic ring is 1. The Labute approximate surface area is 117 Å². The quantitative estimate of drug-likeness (QED) is 0.435. The maximum absolute atomic E-state index is 11.9. The zero-order valence-electron chi connectivity index (χ0n) is 11.4. The SMILES string of the molecule is Cc1cc(C(=O)NCCC(=O)NC2CC2)cc(NN)n1. The van der Waals surface area contributed by atoms with Gasteiger partial charge in [-0.1, -0.05) is 0 Å². The number of hydrazine groups is 1.